The summed E-state index contributed by atoms with van der Waals surface area (Å²) < 4.78 is 26.1. The van der Waals surface area contributed by atoms with Crippen molar-refractivity contribution < 1.29 is 8.42 Å². The van der Waals surface area contributed by atoms with Gasteiger partial charge in [0, 0.05) is 11.8 Å². The van der Waals surface area contributed by atoms with Crippen molar-refractivity contribution >= 4 is 21.8 Å². The maximum atomic E-state index is 11.7. The van der Waals surface area contributed by atoms with Crippen LogP contribution in [0, 0.1) is 0 Å². The van der Waals surface area contributed by atoms with Gasteiger partial charge >= 0.3 is 0 Å². The fourth-order valence-corrected chi connectivity index (χ4v) is 3.16. The average molecular weight is 249 g/mol. The summed E-state index contributed by atoms with van der Waals surface area (Å²) in [5, 5.41) is 0.113. The quantitative estimate of drug-likeness (QED) is 0.783. The van der Waals surface area contributed by atoms with Gasteiger partial charge in [-0.05, 0) is 12.7 Å². The molecule has 1 aromatic rings. The molecule has 0 aliphatic heterocycles. The highest BCUT2D eigenvalue weighted by atomic mass is 32.2. The van der Waals surface area contributed by atoms with Crippen molar-refractivity contribution in [2.75, 3.05) is 12.0 Å². The molecule has 7 heteroatoms. The fourth-order valence-electron chi connectivity index (χ4n) is 1.11. The Morgan fingerprint density at radius 2 is 2.40 bits per heavy atom. The number of nitrogens with zero attached hydrogens (tertiary/aromatic N) is 1. The lowest BCUT2D eigenvalue weighted by Gasteiger charge is -2.14. The van der Waals surface area contributed by atoms with Crippen LogP contribution in [-0.2, 0) is 10.0 Å². The molecule has 1 aromatic heterocycles. The molecule has 0 bridgehead atoms. The van der Waals surface area contributed by atoms with Gasteiger partial charge in [0.25, 0.3) is 10.0 Å². The Kier molecular flexibility index (Phi) is 4.62. The van der Waals surface area contributed by atoms with Crippen LogP contribution in [0.1, 0.15) is 13.3 Å². The van der Waals surface area contributed by atoms with Gasteiger partial charge in [0.05, 0.1) is 12.5 Å². The van der Waals surface area contributed by atoms with Gasteiger partial charge in [-0.15, -0.1) is 0 Å². The smallest absolute Gasteiger partial charge is 0.257 e. The minimum atomic E-state index is -3.43. The lowest BCUT2D eigenvalue weighted by molar-refractivity contribution is 0.555. The number of sulfonamides is 1. The number of aromatic nitrogens is 2. The van der Waals surface area contributed by atoms with Crippen LogP contribution in [0.4, 0.5) is 0 Å². The Balaban J connectivity index is 2.72. The zero-order valence-electron chi connectivity index (χ0n) is 8.73. The minimum Gasteiger partial charge on any atom is -0.335 e. The van der Waals surface area contributed by atoms with Crippen LogP contribution >= 0.6 is 11.8 Å². The third-order valence-corrected chi connectivity index (χ3v) is 4.13. The van der Waals surface area contributed by atoms with Gasteiger partial charge in [0.2, 0.25) is 0 Å². The molecular weight excluding hydrogens is 234 g/mol. The van der Waals surface area contributed by atoms with Gasteiger partial charge in [-0.2, -0.15) is 11.8 Å². The molecule has 0 spiro atoms. The van der Waals surface area contributed by atoms with Crippen LogP contribution in [0.25, 0.3) is 0 Å². The van der Waals surface area contributed by atoms with Gasteiger partial charge in [0.1, 0.15) is 0 Å². The Bertz CT molecular complexity index is 375. The Hall–Kier alpha value is -0.530. The Labute approximate surface area is 94.1 Å². The number of hydrogen-bond acceptors (Lipinski definition) is 4. The van der Waals surface area contributed by atoms with Crippen molar-refractivity contribution in [2.45, 2.75) is 24.4 Å². The molecule has 0 fully saturated rings. The zero-order chi connectivity index (χ0) is 11.3. The van der Waals surface area contributed by atoms with E-state index in [2.05, 4.69) is 14.7 Å². The van der Waals surface area contributed by atoms with Crippen molar-refractivity contribution in [3.05, 3.63) is 12.5 Å². The van der Waals surface area contributed by atoms with Crippen LogP contribution in [0.3, 0.4) is 0 Å². The van der Waals surface area contributed by atoms with Gasteiger partial charge < -0.3 is 4.98 Å². The van der Waals surface area contributed by atoms with Gasteiger partial charge in [0.15, 0.2) is 5.03 Å². The molecule has 2 N–H and O–H groups in total. The van der Waals surface area contributed by atoms with Crippen molar-refractivity contribution in [3.63, 3.8) is 0 Å². The first-order valence-electron chi connectivity index (χ1n) is 4.59. The molecule has 1 heterocycles. The van der Waals surface area contributed by atoms with E-state index in [0.29, 0.717) is 0 Å². The van der Waals surface area contributed by atoms with E-state index in [1.54, 1.807) is 11.8 Å². The van der Waals surface area contributed by atoms with Crippen LogP contribution < -0.4 is 4.72 Å². The monoisotopic (exact) mass is 249 g/mol. The molecule has 1 unspecified atom stereocenters. The first kappa shape index (κ1) is 12.5. The third-order valence-electron chi connectivity index (χ3n) is 1.95. The number of rotatable bonds is 6. The van der Waals surface area contributed by atoms with E-state index < -0.39 is 10.0 Å². The van der Waals surface area contributed by atoms with Crippen LogP contribution in [0.5, 0.6) is 0 Å². The average Bonchev–Trinajstić information content (AvgIpc) is 2.70. The number of imidazole rings is 1. The number of thioether (sulfide) groups is 1. The number of aromatic amines is 1. The van der Waals surface area contributed by atoms with Crippen molar-refractivity contribution in [2.24, 2.45) is 0 Å². The topological polar surface area (TPSA) is 74.8 Å². The molecule has 1 atom stereocenters. The van der Waals surface area contributed by atoms with Crippen molar-refractivity contribution in [3.8, 4) is 0 Å². The van der Waals surface area contributed by atoms with E-state index in [1.807, 2.05) is 13.2 Å². The second-order valence-electron chi connectivity index (χ2n) is 3.10. The van der Waals surface area contributed by atoms with E-state index >= 15 is 0 Å². The largest absolute Gasteiger partial charge is 0.335 e. The lowest BCUT2D eigenvalue weighted by Crippen LogP contribution is -2.36. The summed E-state index contributed by atoms with van der Waals surface area (Å²) in [5.74, 6) is 0.768. The normalized spacial score (nSPS) is 14.0. The molecule has 0 saturated heterocycles. The molecular formula is C8H15N3O2S2. The fraction of sp³-hybridized carbons (Fsp3) is 0.625. The summed E-state index contributed by atoms with van der Waals surface area (Å²) in [6.45, 7) is 1.95. The summed E-state index contributed by atoms with van der Waals surface area (Å²) in [5.41, 5.74) is 0. The predicted octanol–water partition coefficient (Wildman–Crippen LogP) is 0.830. The SMILES string of the molecule is CCC(CSC)NS(=O)(=O)c1cnc[nH]1. The highest BCUT2D eigenvalue weighted by Crippen LogP contribution is 2.07. The van der Waals surface area contributed by atoms with E-state index in [-0.39, 0.29) is 11.1 Å². The zero-order valence-corrected chi connectivity index (χ0v) is 10.4. The molecule has 1 rings (SSSR count). The molecule has 86 valence electrons. The molecule has 0 radical (unpaired) electrons. The third kappa shape index (κ3) is 3.51. The summed E-state index contributed by atoms with van der Waals surface area (Å²) in [4.78, 5) is 6.27. The molecule has 15 heavy (non-hydrogen) atoms. The molecule has 0 aliphatic carbocycles. The van der Waals surface area contributed by atoms with Crippen molar-refractivity contribution in [1.82, 2.24) is 14.7 Å². The molecule has 0 aromatic carbocycles. The lowest BCUT2D eigenvalue weighted by atomic mass is 10.3. The van der Waals surface area contributed by atoms with Crippen LogP contribution in [0.2, 0.25) is 0 Å². The van der Waals surface area contributed by atoms with Crippen LogP contribution in [-0.4, -0.2) is 36.4 Å². The van der Waals surface area contributed by atoms with E-state index in [1.165, 1.54) is 12.5 Å². The number of hydrogen-bond donors (Lipinski definition) is 2. The summed E-state index contributed by atoms with van der Waals surface area (Å²) in [6.07, 6.45) is 5.37. The first-order chi connectivity index (χ1) is 7.10. The summed E-state index contributed by atoms with van der Waals surface area (Å²) in [7, 11) is -3.43. The predicted molar refractivity (Wildman–Crippen MR) is 61.4 cm³/mol. The van der Waals surface area contributed by atoms with Gasteiger partial charge in [-0.1, -0.05) is 6.92 Å². The van der Waals surface area contributed by atoms with Crippen molar-refractivity contribution in [1.29, 1.82) is 0 Å². The minimum absolute atomic E-state index is 0.0340. The maximum absolute atomic E-state index is 11.7. The van der Waals surface area contributed by atoms with E-state index in [9.17, 15) is 8.42 Å². The highest BCUT2D eigenvalue weighted by molar-refractivity contribution is 7.98. The van der Waals surface area contributed by atoms with Crippen LogP contribution in [0.15, 0.2) is 17.6 Å². The summed E-state index contributed by atoms with van der Waals surface area (Å²) >= 11 is 1.62. The van der Waals surface area contributed by atoms with E-state index in [0.717, 1.165) is 12.2 Å². The molecule has 5 nitrogen and oxygen atoms in total. The van der Waals surface area contributed by atoms with Gasteiger partial charge in [-0.25, -0.2) is 18.1 Å². The number of H-pyrrole nitrogens is 1. The first-order valence-corrected chi connectivity index (χ1v) is 7.47. The molecule has 0 saturated carbocycles. The molecule has 0 amide bonds. The molecule has 0 aliphatic rings. The van der Waals surface area contributed by atoms with Gasteiger partial charge in [-0.3, -0.25) is 0 Å². The second kappa shape index (κ2) is 5.53. The Morgan fingerprint density at radius 3 is 2.87 bits per heavy atom. The Morgan fingerprint density at radius 1 is 1.67 bits per heavy atom. The standard InChI is InChI=1S/C8H15N3O2S2/c1-3-7(5-14-2)11-15(12,13)8-4-9-6-10-8/h4,6-7,11H,3,5H2,1-2H3,(H,9,10). The summed E-state index contributed by atoms with van der Waals surface area (Å²) in [6, 6.07) is -0.0340. The second-order valence-corrected chi connectivity index (χ2v) is 5.69. The highest BCUT2D eigenvalue weighted by Gasteiger charge is 2.19. The maximum Gasteiger partial charge on any atom is 0.257 e. The van der Waals surface area contributed by atoms with E-state index in [4.69, 9.17) is 0 Å². The number of nitrogens with one attached hydrogen (secondary N) is 2.